The summed E-state index contributed by atoms with van der Waals surface area (Å²) in [5.41, 5.74) is -1.88. The summed E-state index contributed by atoms with van der Waals surface area (Å²) in [5, 5.41) is -1.48. The summed E-state index contributed by atoms with van der Waals surface area (Å²) in [6, 6.07) is 0. The van der Waals surface area contributed by atoms with E-state index in [9.17, 15) is 22.6 Å². The Labute approximate surface area is 107 Å². The zero-order chi connectivity index (χ0) is 14.6. The first-order chi connectivity index (χ1) is 8.12. The lowest BCUT2D eigenvalue weighted by molar-refractivity contribution is -0.158. The molecule has 2 unspecified atom stereocenters. The number of carbonyl (C=O) groups excluding carboxylic acids is 2. The van der Waals surface area contributed by atoms with Gasteiger partial charge in [-0.1, -0.05) is 13.3 Å². The van der Waals surface area contributed by atoms with Crippen molar-refractivity contribution in [2.75, 3.05) is 6.61 Å². The van der Waals surface area contributed by atoms with Crippen LogP contribution in [0.2, 0.25) is 0 Å². The summed E-state index contributed by atoms with van der Waals surface area (Å²) in [7, 11) is -4.51. The molecule has 7 heteroatoms. The normalized spacial score (nSPS) is 16.7. The maximum Gasteiger partial charge on any atom is 0.320 e. The van der Waals surface area contributed by atoms with Gasteiger partial charge in [0.2, 0.25) is 0 Å². The van der Waals surface area contributed by atoms with Crippen LogP contribution in [0.15, 0.2) is 0 Å². The number of esters is 1. The molecule has 0 bridgehead atoms. The summed E-state index contributed by atoms with van der Waals surface area (Å²) < 4.78 is 36.7. The van der Waals surface area contributed by atoms with E-state index < -0.39 is 32.5 Å². The summed E-state index contributed by atoms with van der Waals surface area (Å²) in [5.74, 6) is -1.56. The van der Waals surface area contributed by atoms with Gasteiger partial charge in [-0.25, -0.2) is 0 Å². The molecule has 0 aromatic heterocycles. The second-order valence-corrected chi connectivity index (χ2v) is 5.87. The summed E-state index contributed by atoms with van der Waals surface area (Å²) in [6.07, 6.45) is 0.417. The lowest BCUT2D eigenvalue weighted by Crippen LogP contribution is -2.50. The minimum absolute atomic E-state index is 0.00767. The second kappa shape index (κ2) is 6.29. The first-order valence-corrected chi connectivity index (χ1v) is 7.27. The Bertz CT molecular complexity index is 413. The van der Waals surface area contributed by atoms with Crippen LogP contribution >= 0.6 is 0 Å². The fourth-order valence-electron chi connectivity index (χ4n) is 1.78. The number of rotatable bonds is 7. The van der Waals surface area contributed by atoms with Crippen LogP contribution < -0.4 is 0 Å². The van der Waals surface area contributed by atoms with E-state index in [1.54, 1.807) is 13.8 Å². The van der Waals surface area contributed by atoms with Gasteiger partial charge in [-0.2, -0.15) is 8.42 Å². The third kappa shape index (κ3) is 3.52. The van der Waals surface area contributed by atoms with Gasteiger partial charge < -0.3 is 4.74 Å². The number of ether oxygens (including phenoxy) is 1. The van der Waals surface area contributed by atoms with Gasteiger partial charge in [0.25, 0.3) is 10.1 Å². The van der Waals surface area contributed by atoms with Gasteiger partial charge in [-0.3, -0.25) is 14.1 Å². The molecule has 0 amide bonds. The predicted molar refractivity (Wildman–Crippen MR) is 65.7 cm³/mol. The smallest absolute Gasteiger partial charge is 0.320 e. The first kappa shape index (κ1) is 17.1. The highest BCUT2D eigenvalue weighted by molar-refractivity contribution is 7.86. The van der Waals surface area contributed by atoms with Gasteiger partial charge in [0, 0.05) is 0 Å². The maximum absolute atomic E-state index is 11.9. The van der Waals surface area contributed by atoms with Crippen molar-refractivity contribution in [3.05, 3.63) is 0 Å². The molecule has 0 aliphatic carbocycles. The molecule has 0 aliphatic heterocycles. The highest BCUT2D eigenvalue weighted by Crippen LogP contribution is 2.32. The SMILES string of the molecule is CCCC(C(C)(C(C)=O)C(=O)OCC)S(=O)(=O)O. The Morgan fingerprint density at radius 3 is 2.11 bits per heavy atom. The van der Waals surface area contributed by atoms with Crippen LogP contribution in [-0.4, -0.2) is 36.6 Å². The number of ketones is 1. The zero-order valence-electron chi connectivity index (χ0n) is 11.1. The van der Waals surface area contributed by atoms with Crippen molar-refractivity contribution in [3.63, 3.8) is 0 Å². The molecule has 0 saturated heterocycles. The fourth-order valence-corrected chi connectivity index (χ4v) is 3.17. The van der Waals surface area contributed by atoms with Crippen molar-refractivity contribution in [2.45, 2.75) is 45.8 Å². The summed E-state index contributed by atoms with van der Waals surface area (Å²) in [4.78, 5) is 23.5. The Morgan fingerprint density at radius 2 is 1.83 bits per heavy atom. The van der Waals surface area contributed by atoms with Gasteiger partial charge in [0.05, 0.1) is 6.61 Å². The van der Waals surface area contributed by atoms with Crippen LogP contribution in [0.25, 0.3) is 0 Å². The van der Waals surface area contributed by atoms with Crippen molar-refractivity contribution in [3.8, 4) is 0 Å². The molecule has 2 atom stereocenters. The van der Waals surface area contributed by atoms with E-state index in [0.29, 0.717) is 6.42 Å². The predicted octanol–water partition coefficient (Wildman–Crippen LogP) is 1.20. The Morgan fingerprint density at radius 1 is 1.33 bits per heavy atom. The van der Waals surface area contributed by atoms with Crippen LogP contribution in [0.4, 0.5) is 0 Å². The van der Waals surface area contributed by atoms with Crippen LogP contribution in [0.3, 0.4) is 0 Å². The average Bonchev–Trinajstić information content (AvgIpc) is 2.23. The van der Waals surface area contributed by atoms with Crippen molar-refractivity contribution in [1.82, 2.24) is 0 Å². The molecule has 0 heterocycles. The molecule has 0 rings (SSSR count). The van der Waals surface area contributed by atoms with Crippen LogP contribution in [0.5, 0.6) is 0 Å². The van der Waals surface area contributed by atoms with Crippen LogP contribution in [-0.2, 0) is 24.4 Å². The summed E-state index contributed by atoms with van der Waals surface area (Å²) >= 11 is 0. The monoisotopic (exact) mass is 280 g/mol. The highest BCUT2D eigenvalue weighted by Gasteiger charge is 2.52. The fraction of sp³-hybridized carbons (Fsp3) is 0.818. The third-order valence-electron chi connectivity index (χ3n) is 2.99. The molecule has 0 aliphatic rings. The number of carbonyl (C=O) groups is 2. The van der Waals surface area contributed by atoms with E-state index in [4.69, 9.17) is 4.74 Å². The molecule has 0 aromatic carbocycles. The number of Topliss-reactive ketones (excluding diaryl/α,β-unsaturated/α-hetero) is 1. The van der Waals surface area contributed by atoms with Gasteiger partial charge in [-0.15, -0.1) is 0 Å². The molecule has 0 aromatic rings. The number of hydrogen-bond donors (Lipinski definition) is 1. The topological polar surface area (TPSA) is 97.7 Å². The quantitative estimate of drug-likeness (QED) is 0.427. The van der Waals surface area contributed by atoms with Gasteiger partial charge >= 0.3 is 5.97 Å². The molecule has 0 radical (unpaired) electrons. The standard InChI is InChI=1S/C11H20O6S/c1-5-7-9(18(14,15)16)11(4,8(3)12)10(13)17-6-2/h9H,5-7H2,1-4H3,(H,14,15,16). The third-order valence-corrected chi connectivity index (χ3v) is 4.41. The Hall–Kier alpha value is -0.950. The minimum Gasteiger partial charge on any atom is -0.465 e. The van der Waals surface area contributed by atoms with E-state index in [-0.39, 0.29) is 13.0 Å². The molecule has 6 nitrogen and oxygen atoms in total. The minimum atomic E-state index is -4.51. The summed E-state index contributed by atoms with van der Waals surface area (Å²) in [6.45, 7) is 5.60. The van der Waals surface area contributed by atoms with Crippen LogP contribution in [0, 0.1) is 5.41 Å². The van der Waals surface area contributed by atoms with E-state index in [0.717, 1.165) is 6.92 Å². The van der Waals surface area contributed by atoms with E-state index in [2.05, 4.69) is 0 Å². The largest absolute Gasteiger partial charge is 0.465 e. The number of hydrogen-bond acceptors (Lipinski definition) is 5. The van der Waals surface area contributed by atoms with E-state index in [1.165, 1.54) is 6.92 Å². The molecule has 106 valence electrons. The van der Waals surface area contributed by atoms with Crippen molar-refractivity contribution in [1.29, 1.82) is 0 Å². The van der Waals surface area contributed by atoms with E-state index in [1.807, 2.05) is 0 Å². The van der Waals surface area contributed by atoms with Gasteiger partial charge in [0.15, 0.2) is 0 Å². The first-order valence-electron chi connectivity index (χ1n) is 5.76. The van der Waals surface area contributed by atoms with Gasteiger partial charge in [0.1, 0.15) is 16.4 Å². The van der Waals surface area contributed by atoms with E-state index >= 15 is 0 Å². The van der Waals surface area contributed by atoms with Crippen LogP contribution in [0.1, 0.15) is 40.5 Å². The van der Waals surface area contributed by atoms with Crippen molar-refractivity contribution in [2.24, 2.45) is 5.41 Å². The van der Waals surface area contributed by atoms with Crippen molar-refractivity contribution >= 4 is 21.9 Å². The Balaban J connectivity index is 5.68. The second-order valence-electron chi connectivity index (χ2n) is 4.27. The molecule has 0 spiro atoms. The average molecular weight is 280 g/mol. The molecule has 0 saturated carbocycles. The lowest BCUT2D eigenvalue weighted by atomic mass is 9.80. The molecule has 0 fully saturated rings. The molecular formula is C11H20O6S. The Kier molecular flexibility index (Phi) is 5.95. The lowest BCUT2D eigenvalue weighted by Gasteiger charge is -2.30. The zero-order valence-corrected chi connectivity index (χ0v) is 11.9. The highest BCUT2D eigenvalue weighted by atomic mass is 32.2. The molecular weight excluding hydrogens is 260 g/mol. The van der Waals surface area contributed by atoms with Gasteiger partial charge in [-0.05, 0) is 27.2 Å². The molecule has 18 heavy (non-hydrogen) atoms. The van der Waals surface area contributed by atoms with Crippen molar-refractivity contribution < 1.29 is 27.3 Å². The molecule has 1 N–H and O–H groups in total. The maximum atomic E-state index is 11.9.